The van der Waals surface area contributed by atoms with Gasteiger partial charge in [-0.3, -0.25) is 5.32 Å². The molecule has 21 heavy (non-hydrogen) atoms. The lowest BCUT2D eigenvalue weighted by atomic mass is 9.91. The van der Waals surface area contributed by atoms with Gasteiger partial charge >= 0.3 is 0 Å². The fraction of sp³-hybridized carbons (Fsp3) is 0.294. The third-order valence-electron chi connectivity index (χ3n) is 4.28. The van der Waals surface area contributed by atoms with Crippen molar-refractivity contribution in [2.45, 2.75) is 30.3 Å². The summed E-state index contributed by atoms with van der Waals surface area (Å²) in [4.78, 5) is 3.60. The molecule has 1 aliphatic carbocycles. The Morgan fingerprint density at radius 3 is 3.00 bits per heavy atom. The van der Waals surface area contributed by atoms with Crippen molar-refractivity contribution in [3.63, 3.8) is 0 Å². The first-order chi connectivity index (χ1) is 10.3. The van der Waals surface area contributed by atoms with E-state index in [2.05, 4.69) is 50.5 Å². The second-order valence-electron chi connectivity index (χ2n) is 5.61. The number of furan rings is 1. The second-order valence-corrected chi connectivity index (χ2v) is 6.97. The highest BCUT2D eigenvalue weighted by Gasteiger charge is 2.36. The smallest absolute Gasteiger partial charge is 0.117 e. The largest absolute Gasteiger partial charge is 0.468 e. The molecule has 0 saturated carbocycles. The molecular formula is C17H17BrN2O. The molecule has 2 aromatic heterocycles. The van der Waals surface area contributed by atoms with E-state index in [1.54, 1.807) is 6.26 Å². The fourth-order valence-electron chi connectivity index (χ4n) is 3.25. The lowest BCUT2D eigenvalue weighted by molar-refractivity contribution is 0.387. The number of para-hydroxylation sites is 1. The zero-order chi connectivity index (χ0) is 14.3. The third-order valence-corrected chi connectivity index (χ3v) is 5.35. The van der Waals surface area contributed by atoms with Gasteiger partial charge in [-0.1, -0.05) is 34.1 Å². The van der Waals surface area contributed by atoms with E-state index in [1.165, 1.54) is 28.6 Å². The van der Waals surface area contributed by atoms with E-state index in [0.29, 0.717) is 6.54 Å². The van der Waals surface area contributed by atoms with Crippen molar-refractivity contribution in [3.05, 3.63) is 59.7 Å². The van der Waals surface area contributed by atoms with Gasteiger partial charge < -0.3 is 9.40 Å². The van der Waals surface area contributed by atoms with Gasteiger partial charge in [0, 0.05) is 10.9 Å². The molecule has 0 bridgehead atoms. The number of H-pyrrole nitrogens is 1. The summed E-state index contributed by atoms with van der Waals surface area (Å²) < 4.78 is 5.22. The van der Waals surface area contributed by atoms with Crippen LogP contribution in [0.15, 0.2) is 47.1 Å². The van der Waals surface area contributed by atoms with Crippen LogP contribution >= 0.6 is 15.9 Å². The van der Waals surface area contributed by atoms with Crippen LogP contribution < -0.4 is 5.32 Å². The van der Waals surface area contributed by atoms with Crippen LogP contribution in [0.4, 0.5) is 0 Å². The summed E-state index contributed by atoms with van der Waals surface area (Å²) in [6.45, 7) is 0.715. The first-order valence-corrected chi connectivity index (χ1v) is 8.12. The van der Waals surface area contributed by atoms with Gasteiger partial charge in [-0.2, -0.15) is 0 Å². The average molecular weight is 345 g/mol. The highest BCUT2D eigenvalue weighted by atomic mass is 79.9. The molecule has 1 unspecified atom stereocenters. The molecule has 1 atom stereocenters. The SMILES string of the molecule is BrC1(NCc2ccco2)CCCc2c1[nH]c1ccccc21. The van der Waals surface area contributed by atoms with Crippen molar-refractivity contribution in [1.82, 2.24) is 10.3 Å². The zero-order valence-corrected chi connectivity index (χ0v) is 13.2. The monoisotopic (exact) mass is 344 g/mol. The molecule has 2 N–H and O–H groups in total. The predicted octanol–water partition coefficient (Wildman–Crippen LogP) is 4.43. The molecule has 0 radical (unpaired) electrons. The molecule has 0 saturated heterocycles. The number of halogens is 1. The average Bonchev–Trinajstić information content (AvgIpc) is 3.14. The molecule has 0 aliphatic heterocycles. The van der Waals surface area contributed by atoms with Crippen molar-refractivity contribution in [2.75, 3.05) is 0 Å². The Bertz CT molecular complexity index is 762. The number of nitrogens with one attached hydrogen (secondary N) is 2. The Kier molecular flexibility index (Phi) is 3.16. The van der Waals surface area contributed by atoms with Gasteiger partial charge in [0.05, 0.1) is 18.5 Å². The fourth-order valence-corrected chi connectivity index (χ4v) is 4.01. The van der Waals surface area contributed by atoms with Gasteiger partial charge in [-0.05, 0) is 43.0 Å². The standard InChI is InChI=1S/C17H17BrN2O/c18-17(19-11-12-5-4-10-21-12)9-3-7-14-13-6-1-2-8-15(13)20-16(14)17/h1-2,4-6,8,10,19-20H,3,7,9,11H2. The van der Waals surface area contributed by atoms with E-state index >= 15 is 0 Å². The minimum absolute atomic E-state index is 0.202. The number of fused-ring (bicyclic) bond motifs is 3. The Morgan fingerprint density at radius 2 is 2.14 bits per heavy atom. The summed E-state index contributed by atoms with van der Waals surface area (Å²) in [6.07, 6.45) is 5.08. The van der Waals surface area contributed by atoms with Gasteiger partial charge in [0.1, 0.15) is 10.2 Å². The zero-order valence-electron chi connectivity index (χ0n) is 11.7. The van der Waals surface area contributed by atoms with Crippen LogP contribution in [-0.2, 0) is 17.4 Å². The Hall–Kier alpha value is -1.52. The summed E-state index contributed by atoms with van der Waals surface area (Å²) in [5, 5.41) is 4.95. The molecule has 1 aromatic carbocycles. The molecule has 4 heteroatoms. The molecule has 0 amide bonds. The van der Waals surface area contributed by atoms with Crippen LogP contribution in [0.1, 0.15) is 29.9 Å². The quantitative estimate of drug-likeness (QED) is 0.544. The summed E-state index contributed by atoms with van der Waals surface area (Å²) in [7, 11) is 0. The molecule has 0 spiro atoms. The predicted molar refractivity (Wildman–Crippen MR) is 87.4 cm³/mol. The topological polar surface area (TPSA) is 41.0 Å². The molecule has 4 rings (SSSR count). The maximum absolute atomic E-state index is 5.42. The first kappa shape index (κ1) is 13.2. The Balaban J connectivity index is 1.71. The summed E-state index contributed by atoms with van der Waals surface area (Å²) in [5.41, 5.74) is 3.91. The number of rotatable bonds is 3. The molecular weight excluding hydrogens is 328 g/mol. The molecule has 3 nitrogen and oxygen atoms in total. The molecule has 2 heterocycles. The maximum Gasteiger partial charge on any atom is 0.117 e. The number of aryl methyl sites for hydroxylation is 1. The first-order valence-electron chi connectivity index (χ1n) is 7.33. The van der Waals surface area contributed by atoms with E-state index in [-0.39, 0.29) is 4.45 Å². The molecule has 1 aliphatic rings. The second kappa shape index (κ2) is 5.04. The normalized spacial score (nSPS) is 21.6. The van der Waals surface area contributed by atoms with Crippen molar-refractivity contribution in [2.24, 2.45) is 0 Å². The van der Waals surface area contributed by atoms with Crippen LogP contribution in [0.3, 0.4) is 0 Å². The van der Waals surface area contributed by atoms with Crippen LogP contribution in [0.25, 0.3) is 10.9 Å². The van der Waals surface area contributed by atoms with Crippen molar-refractivity contribution in [1.29, 1.82) is 0 Å². The van der Waals surface area contributed by atoms with Gasteiger partial charge in [-0.15, -0.1) is 0 Å². The number of hydrogen-bond acceptors (Lipinski definition) is 2. The van der Waals surface area contributed by atoms with E-state index in [9.17, 15) is 0 Å². The lowest BCUT2D eigenvalue weighted by Gasteiger charge is -2.32. The minimum Gasteiger partial charge on any atom is -0.468 e. The maximum atomic E-state index is 5.42. The molecule has 0 fully saturated rings. The Morgan fingerprint density at radius 1 is 1.24 bits per heavy atom. The minimum atomic E-state index is -0.202. The van der Waals surface area contributed by atoms with E-state index in [0.717, 1.165) is 18.6 Å². The summed E-state index contributed by atoms with van der Waals surface area (Å²) >= 11 is 3.93. The highest BCUT2D eigenvalue weighted by Crippen LogP contribution is 2.42. The van der Waals surface area contributed by atoms with Gasteiger partial charge in [0.2, 0.25) is 0 Å². The number of hydrogen-bond donors (Lipinski definition) is 2. The van der Waals surface area contributed by atoms with Crippen LogP contribution in [0, 0.1) is 0 Å². The van der Waals surface area contributed by atoms with Crippen LogP contribution in [0.2, 0.25) is 0 Å². The lowest BCUT2D eigenvalue weighted by Crippen LogP contribution is -2.39. The van der Waals surface area contributed by atoms with Gasteiger partial charge in [-0.25, -0.2) is 0 Å². The third kappa shape index (κ3) is 2.23. The van der Waals surface area contributed by atoms with Crippen molar-refractivity contribution < 1.29 is 4.42 Å². The van der Waals surface area contributed by atoms with E-state index in [1.807, 2.05) is 12.1 Å². The van der Waals surface area contributed by atoms with Gasteiger partial charge in [0.15, 0.2) is 0 Å². The van der Waals surface area contributed by atoms with E-state index < -0.39 is 0 Å². The number of benzene rings is 1. The van der Waals surface area contributed by atoms with Crippen LogP contribution in [0.5, 0.6) is 0 Å². The Labute approximate surface area is 131 Å². The van der Waals surface area contributed by atoms with Crippen molar-refractivity contribution in [3.8, 4) is 0 Å². The summed E-state index contributed by atoms with van der Waals surface area (Å²) in [5.74, 6) is 0.956. The molecule has 108 valence electrons. The highest BCUT2D eigenvalue weighted by molar-refractivity contribution is 9.09. The van der Waals surface area contributed by atoms with E-state index in [4.69, 9.17) is 4.42 Å². The van der Waals surface area contributed by atoms with Crippen LogP contribution in [-0.4, -0.2) is 4.98 Å². The van der Waals surface area contributed by atoms with Gasteiger partial charge in [0.25, 0.3) is 0 Å². The number of alkyl halides is 1. The molecule has 3 aromatic rings. The number of aromatic amines is 1. The summed E-state index contributed by atoms with van der Waals surface area (Å²) in [6, 6.07) is 12.5. The van der Waals surface area contributed by atoms with Crippen molar-refractivity contribution >= 4 is 26.8 Å². The number of aromatic nitrogens is 1.